The number of amides is 1. The third kappa shape index (κ3) is 44.2. The van der Waals surface area contributed by atoms with E-state index in [0.717, 1.165) is 44.9 Å². The van der Waals surface area contributed by atoms with Crippen LogP contribution in [-0.4, -0.2) is 47.4 Å². The van der Waals surface area contributed by atoms with Crippen molar-refractivity contribution in [2.75, 3.05) is 13.2 Å². The van der Waals surface area contributed by atoms with Gasteiger partial charge in [-0.15, -0.1) is 0 Å². The average molecular weight is 808 g/mol. The molecule has 6 nitrogen and oxygen atoms in total. The maximum Gasteiger partial charge on any atom is 0.305 e. The summed E-state index contributed by atoms with van der Waals surface area (Å²) in [4.78, 5) is 24.4. The summed E-state index contributed by atoms with van der Waals surface area (Å²) >= 11 is 0. The largest absolute Gasteiger partial charge is 0.466 e. The van der Waals surface area contributed by atoms with Crippen LogP contribution in [-0.2, 0) is 14.3 Å². The molecule has 0 bridgehead atoms. The highest BCUT2D eigenvalue weighted by atomic mass is 16.5. The molecule has 0 spiro atoms. The van der Waals surface area contributed by atoms with Gasteiger partial charge >= 0.3 is 5.97 Å². The van der Waals surface area contributed by atoms with Gasteiger partial charge in [-0.1, -0.05) is 251 Å². The van der Waals surface area contributed by atoms with Gasteiger partial charge in [-0.05, 0) is 25.7 Å². The van der Waals surface area contributed by atoms with Crippen molar-refractivity contribution in [2.24, 2.45) is 0 Å². The molecule has 2 unspecified atom stereocenters. The molecule has 0 aromatic carbocycles. The van der Waals surface area contributed by atoms with Crippen molar-refractivity contribution in [3.8, 4) is 0 Å². The van der Waals surface area contributed by atoms with Crippen LogP contribution in [0, 0.1) is 0 Å². The number of rotatable bonds is 48. The van der Waals surface area contributed by atoms with Gasteiger partial charge in [0.2, 0.25) is 5.91 Å². The maximum atomic E-state index is 12.4. The lowest BCUT2D eigenvalue weighted by Gasteiger charge is -2.22. The first-order valence-corrected chi connectivity index (χ1v) is 25.8. The van der Waals surface area contributed by atoms with Crippen LogP contribution in [0.15, 0.2) is 0 Å². The Morgan fingerprint density at radius 2 is 0.719 bits per heavy atom. The molecule has 0 fully saturated rings. The Morgan fingerprint density at radius 3 is 1.07 bits per heavy atom. The maximum absolute atomic E-state index is 12.4. The summed E-state index contributed by atoms with van der Waals surface area (Å²) in [5.41, 5.74) is 0. The van der Waals surface area contributed by atoms with Crippen LogP contribution in [0.25, 0.3) is 0 Å². The van der Waals surface area contributed by atoms with Crippen LogP contribution in [0.1, 0.15) is 290 Å². The molecule has 0 aliphatic rings. The molecule has 1 amide bonds. The number of carbonyl (C=O) groups excluding carboxylic acids is 2. The average Bonchev–Trinajstić information content (AvgIpc) is 3.21. The van der Waals surface area contributed by atoms with E-state index in [1.807, 2.05) is 0 Å². The molecule has 57 heavy (non-hydrogen) atoms. The standard InChI is InChI=1S/C51H101NO5/c1-3-5-7-9-11-13-15-23-27-31-35-39-43-49(54)48(47-53)52-50(55)44-40-36-32-28-24-21-19-17-18-20-22-26-30-34-38-42-46-57-51(56)45-41-37-33-29-25-16-14-12-10-8-6-4-2/h48-49,53-54H,3-47H2,1-2H3,(H,52,55). The normalized spacial score (nSPS) is 12.6. The summed E-state index contributed by atoms with van der Waals surface area (Å²) < 4.78 is 5.46. The Morgan fingerprint density at radius 1 is 0.421 bits per heavy atom. The van der Waals surface area contributed by atoms with Gasteiger partial charge in [0.1, 0.15) is 0 Å². The van der Waals surface area contributed by atoms with Crippen molar-refractivity contribution >= 4 is 11.9 Å². The zero-order valence-electron chi connectivity index (χ0n) is 38.6. The van der Waals surface area contributed by atoms with Crippen LogP contribution >= 0.6 is 0 Å². The quantitative estimate of drug-likeness (QED) is 0.0420. The van der Waals surface area contributed by atoms with Gasteiger partial charge < -0.3 is 20.3 Å². The number of hydrogen-bond donors (Lipinski definition) is 3. The highest BCUT2D eigenvalue weighted by Gasteiger charge is 2.20. The van der Waals surface area contributed by atoms with E-state index in [-0.39, 0.29) is 18.5 Å². The van der Waals surface area contributed by atoms with Crippen LogP contribution in [0.5, 0.6) is 0 Å². The summed E-state index contributed by atoms with van der Waals surface area (Å²) in [6, 6.07) is -0.543. The second kappa shape index (κ2) is 47.5. The van der Waals surface area contributed by atoms with Crippen LogP contribution in [0.4, 0.5) is 0 Å². The molecule has 0 rings (SSSR count). The van der Waals surface area contributed by atoms with Gasteiger partial charge in [-0.25, -0.2) is 0 Å². The fourth-order valence-corrected chi connectivity index (χ4v) is 8.17. The summed E-state index contributed by atoms with van der Waals surface area (Å²) in [5.74, 6) is -0.0368. The Kier molecular flexibility index (Phi) is 46.6. The van der Waals surface area contributed by atoms with Gasteiger partial charge in [0.15, 0.2) is 0 Å². The SMILES string of the molecule is CCCCCCCCCCCCCCC(=O)OCCCCCCCCCCCCCCCCCCC(=O)NC(CO)C(O)CCCCCCCCCCCCCC. The number of ether oxygens (including phenoxy) is 1. The minimum Gasteiger partial charge on any atom is -0.466 e. The van der Waals surface area contributed by atoms with Gasteiger partial charge in [0.05, 0.1) is 25.4 Å². The van der Waals surface area contributed by atoms with Crippen LogP contribution in [0.2, 0.25) is 0 Å². The molecule has 0 heterocycles. The van der Waals surface area contributed by atoms with Crippen molar-refractivity contribution < 1.29 is 24.5 Å². The first-order chi connectivity index (χ1) is 28.0. The van der Waals surface area contributed by atoms with Crippen LogP contribution in [0.3, 0.4) is 0 Å². The lowest BCUT2D eigenvalue weighted by Crippen LogP contribution is -2.45. The number of hydrogen-bond acceptors (Lipinski definition) is 5. The minimum absolute atomic E-state index is 0.00423. The van der Waals surface area contributed by atoms with E-state index in [1.165, 1.54) is 212 Å². The summed E-state index contributed by atoms with van der Waals surface area (Å²) in [6.45, 7) is 4.94. The topological polar surface area (TPSA) is 95.9 Å². The van der Waals surface area contributed by atoms with Gasteiger partial charge in [0.25, 0.3) is 0 Å². The highest BCUT2D eigenvalue weighted by Crippen LogP contribution is 2.17. The molecule has 6 heteroatoms. The number of aliphatic hydroxyl groups is 2. The summed E-state index contributed by atoms with van der Waals surface area (Å²) in [6.07, 6.45) is 52.1. The van der Waals surface area contributed by atoms with E-state index in [9.17, 15) is 19.8 Å². The second-order valence-electron chi connectivity index (χ2n) is 17.9. The Hall–Kier alpha value is -1.14. The number of unbranched alkanes of at least 4 members (excludes halogenated alkanes) is 37. The van der Waals surface area contributed by atoms with E-state index in [4.69, 9.17) is 4.74 Å². The monoisotopic (exact) mass is 808 g/mol. The third-order valence-electron chi connectivity index (χ3n) is 12.2. The molecule has 0 saturated carbocycles. The van der Waals surface area contributed by atoms with Crippen molar-refractivity contribution in [3.63, 3.8) is 0 Å². The molecule has 0 saturated heterocycles. The molecule has 340 valence electrons. The summed E-state index contributed by atoms with van der Waals surface area (Å²) in [7, 11) is 0. The zero-order chi connectivity index (χ0) is 41.5. The van der Waals surface area contributed by atoms with E-state index in [1.54, 1.807) is 0 Å². The molecular formula is C51H101NO5. The van der Waals surface area contributed by atoms with E-state index < -0.39 is 12.1 Å². The van der Waals surface area contributed by atoms with Crippen LogP contribution < -0.4 is 5.32 Å². The van der Waals surface area contributed by atoms with Crippen molar-refractivity contribution in [2.45, 2.75) is 302 Å². The Labute approximate surface area is 356 Å². The van der Waals surface area contributed by atoms with E-state index in [0.29, 0.717) is 25.9 Å². The fourth-order valence-electron chi connectivity index (χ4n) is 8.17. The molecular weight excluding hydrogens is 707 g/mol. The van der Waals surface area contributed by atoms with Gasteiger partial charge in [0, 0.05) is 12.8 Å². The smallest absolute Gasteiger partial charge is 0.305 e. The molecule has 0 aliphatic carbocycles. The van der Waals surface area contributed by atoms with E-state index >= 15 is 0 Å². The number of aliphatic hydroxyl groups excluding tert-OH is 2. The Bertz CT molecular complexity index is 806. The summed E-state index contributed by atoms with van der Waals surface area (Å²) in [5, 5.41) is 23.2. The highest BCUT2D eigenvalue weighted by molar-refractivity contribution is 5.76. The number of esters is 1. The minimum atomic E-state index is -0.666. The van der Waals surface area contributed by atoms with Crippen molar-refractivity contribution in [1.82, 2.24) is 5.32 Å². The lowest BCUT2D eigenvalue weighted by atomic mass is 10.0. The molecule has 0 aliphatic heterocycles. The molecule has 0 aromatic heterocycles. The molecule has 3 N–H and O–H groups in total. The first-order valence-electron chi connectivity index (χ1n) is 25.8. The molecule has 0 aromatic rings. The van der Waals surface area contributed by atoms with Crippen molar-refractivity contribution in [3.05, 3.63) is 0 Å². The molecule has 2 atom stereocenters. The first kappa shape index (κ1) is 55.9. The molecule has 0 radical (unpaired) electrons. The second-order valence-corrected chi connectivity index (χ2v) is 17.9. The number of carbonyl (C=O) groups is 2. The predicted octanol–water partition coefficient (Wildman–Crippen LogP) is 15.2. The lowest BCUT2D eigenvalue weighted by molar-refractivity contribution is -0.143. The third-order valence-corrected chi connectivity index (χ3v) is 12.2. The predicted molar refractivity (Wildman–Crippen MR) is 246 cm³/mol. The van der Waals surface area contributed by atoms with Gasteiger partial charge in [-0.2, -0.15) is 0 Å². The van der Waals surface area contributed by atoms with Crippen molar-refractivity contribution in [1.29, 1.82) is 0 Å². The number of nitrogens with one attached hydrogen (secondary N) is 1. The zero-order valence-corrected chi connectivity index (χ0v) is 38.6. The van der Waals surface area contributed by atoms with Gasteiger partial charge in [-0.3, -0.25) is 9.59 Å². The fraction of sp³-hybridized carbons (Fsp3) is 0.961. The Balaban J connectivity index is 3.40. The van der Waals surface area contributed by atoms with E-state index in [2.05, 4.69) is 19.2 Å².